The third-order valence-electron chi connectivity index (χ3n) is 3.56. The minimum atomic E-state index is -0.594. The van der Waals surface area contributed by atoms with Gasteiger partial charge < -0.3 is 4.52 Å². The van der Waals surface area contributed by atoms with Gasteiger partial charge in [-0.2, -0.15) is 10.1 Å². The molecule has 3 aromatic rings. The molecule has 4 rings (SSSR count). The zero-order valence-corrected chi connectivity index (χ0v) is 12.7. The van der Waals surface area contributed by atoms with Gasteiger partial charge in [-0.25, -0.2) is 9.98 Å². The summed E-state index contributed by atoms with van der Waals surface area (Å²) >= 11 is 0. The minimum Gasteiger partial charge on any atom is -0.334 e. The van der Waals surface area contributed by atoms with Crippen LogP contribution in [0.2, 0.25) is 0 Å². The molecule has 8 heteroatoms. The number of nitrogens with zero attached hydrogens (tertiary/aromatic N) is 5. The van der Waals surface area contributed by atoms with Gasteiger partial charge in [0.2, 0.25) is 0 Å². The first-order valence-corrected chi connectivity index (χ1v) is 7.29. The molecule has 1 N–H and O–H groups in total. The molecule has 1 unspecified atom stereocenters. The molecule has 0 saturated heterocycles. The first-order chi connectivity index (χ1) is 11.7. The Kier molecular flexibility index (Phi) is 3.34. The number of benzene rings is 1. The third kappa shape index (κ3) is 2.54. The molecule has 0 bridgehead atoms. The van der Waals surface area contributed by atoms with E-state index >= 15 is 0 Å². The zero-order chi connectivity index (χ0) is 16.5. The van der Waals surface area contributed by atoms with Crippen LogP contribution in [-0.4, -0.2) is 37.4 Å². The highest BCUT2D eigenvalue weighted by molar-refractivity contribution is 5.96. The van der Waals surface area contributed by atoms with E-state index in [1.807, 2.05) is 31.2 Å². The van der Waals surface area contributed by atoms with Crippen LogP contribution in [0.5, 0.6) is 0 Å². The van der Waals surface area contributed by atoms with E-state index in [0.29, 0.717) is 17.5 Å². The van der Waals surface area contributed by atoms with Crippen molar-refractivity contribution in [3.63, 3.8) is 0 Å². The molecule has 24 heavy (non-hydrogen) atoms. The average Bonchev–Trinajstić information content (AvgIpc) is 3.25. The maximum atomic E-state index is 11.8. The van der Waals surface area contributed by atoms with Crippen molar-refractivity contribution < 1.29 is 9.32 Å². The van der Waals surface area contributed by atoms with E-state index in [4.69, 9.17) is 4.52 Å². The van der Waals surface area contributed by atoms with Crippen LogP contribution in [0.1, 0.15) is 17.6 Å². The van der Waals surface area contributed by atoms with Gasteiger partial charge in [-0.3, -0.25) is 9.89 Å². The number of amides is 1. The Bertz CT molecular complexity index is 951. The number of aryl methyl sites for hydroxylation is 1. The van der Waals surface area contributed by atoms with Crippen LogP contribution in [0.3, 0.4) is 0 Å². The summed E-state index contributed by atoms with van der Waals surface area (Å²) in [5, 5.41) is 10.8. The fourth-order valence-electron chi connectivity index (χ4n) is 2.35. The lowest BCUT2D eigenvalue weighted by atomic mass is 10.1. The van der Waals surface area contributed by atoms with Gasteiger partial charge in [0, 0.05) is 17.3 Å². The van der Waals surface area contributed by atoms with Crippen LogP contribution in [0.15, 0.2) is 45.9 Å². The van der Waals surface area contributed by atoms with Crippen molar-refractivity contribution in [3.8, 4) is 22.8 Å². The molecule has 0 radical (unpaired) electrons. The number of hydrogen-bond acceptors (Lipinski definition) is 6. The molecule has 8 nitrogen and oxygen atoms in total. The first-order valence-electron chi connectivity index (χ1n) is 7.29. The van der Waals surface area contributed by atoms with E-state index in [-0.39, 0.29) is 5.91 Å². The Morgan fingerprint density at radius 3 is 2.62 bits per heavy atom. The number of nitrogens with one attached hydrogen (secondary N) is 1. The molecule has 0 saturated carbocycles. The molecule has 1 atom stereocenters. The van der Waals surface area contributed by atoms with E-state index in [2.05, 4.69) is 30.3 Å². The fourth-order valence-corrected chi connectivity index (χ4v) is 2.35. The molecule has 3 heterocycles. The van der Waals surface area contributed by atoms with Crippen LogP contribution in [0.4, 0.5) is 0 Å². The molecule has 2 aromatic heterocycles. The third-order valence-corrected chi connectivity index (χ3v) is 3.56. The van der Waals surface area contributed by atoms with E-state index in [1.165, 1.54) is 6.21 Å². The summed E-state index contributed by atoms with van der Waals surface area (Å²) < 4.78 is 5.27. The Morgan fingerprint density at radius 2 is 1.92 bits per heavy atom. The van der Waals surface area contributed by atoms with Crippen molar-refractivity contribution in [3.05, 3.63) is 48.1 Å². The molecule has 1 aliphatic rings. The fraction of sp³-hybridized carbons (Fsp3) is 0.125. The second kappa shape index (κ2) is 5.65. The average molecular weight is 320 g/mol. The predicted molar refractivity (Wildman–Crippen MR) is 85.2 cm³/mol. The molecule has 0 aliphatic carbocycles. The summed E-state index contributed by atoms with van der Waals surface area (Å²) in [6, 6.07) is 7.43. The summed E-state index contributed by atoms with van der Waals surface area (Å²) in [6.45, 7) is 1.84. The Labute approximate surface area is 136 Å². The second-order valence-electron chi connectivity index (χ2n) is 5.26. The number of H-pyrrole nitrogens is 1. The van der Waals surface area contributed by atoms with Crippen LogP contribution in [0, 0.1) is 6.92 Å². The molecule has 118 valence electrons. The zero-order valence-electron chi connectivity index (χ0n) is 12.7. The van der Waals surface area contributed by atoms with Crippen molar-refractivity contribution in [2.45, 2.75) is 12.8 Å². The normalized spacial score (nSPS) is 16.7. The summed E-state index contributed by atoms with van der Waals surface area (Å²) in [6.07, 6.45) is 4.83. The highest BCUT2D eigenvalue weighted by Gasteiger charge is 2.24. The number of rotatable bonds is 3. The predicted octanol–water partition coefficient (Wildman–Crippen LogP) is 2.08. The van der Waals surface area contributed by atoms with Crippen LogP contribution < -0.4 is 0 Å². The first kappa shape index (κ1) is 14.2. The Hall–Kier alpha value is -3.42. The molecular weight excluding hydrogens is 308 g/mol. The van der Waals surface area contributed by atoms with E-state index in [0.717, 1.165) is 17.0 Å². The van der Waals surface area contributed by atoms with Gasteiger partial charge in [-0.15, -0.1) is 0 Å². The molecule has 0 spiro atoms. The quantitative estimate of drug-likeness (QED) is 0.791. The number of aromatic amines is 1. The summed E-state index contributed by atoms with van der Waals surface area (Å²) in [4.78, 5) is 24.1. The minimum absolute atomic E-state index is 0.303. The van der Waals surface area contributed by atoms with Gasteiger partial charge in [-0.05, 0) is 25.1 Å². The number of aromatic nitrogens is 5. The number of aliphatic imine (C=N–C) groups is 1. The van der Waals surface area contributed by atoms with Crippen molar-refractivity contribution in [1.29, 1.82) is 0 Å². The SMILES string of the molecule is Cc1nc(-c2ccc(-c3nc(C4C=CC=NC4=O)no3)cc2)n[nH]1. The van der Waals surface area contributed by atoms with Gasteiger partial charge in [0.1, 0.15) is 11.7 Å². The van der Waals surface area contributed by atoms with Crippen molar-refractivity contribution in [2.75, 3.05) is 0 Å². The van der Waals surface area contributed by atoms with Crippen LogP contribution in [0.25, 0.3) is 22.8 Å². The molecular formula is C16H12N6O2. The summed E-state index contributed by atoms with van der Waals surface area (Å²) in [5.74, 6) is 1.13. The molecule has 1 aliphatic heterocycles. The lowest BCUT2D eigenvalue weighted by Crippen LogP contribution is -2.12. The van der Waals surface area contributed by atoms with Gasteiger partial charge in [0.15, 0.2) is 11.6 Å². The van der Waals surface area contributed by atoms with Gasteiger partial charge in [0.25, 0.3) is 11.8 Å². The monoisotopic (exact) mass is 320 g/mol. The topological polar surface area (TPSA) is 110 Å². The lowest BCUT2D eigenvalue weighted by Gasteiger charge is -2.04. The maximum Gasteiger partial charge on any atom is 0.260 e. The van der Waals surface area contributed by atoms with Crippen LogP contribution >= 0.6 is 0 Å². The summed E-state index contributed by atoms with van der Waals surface area (Å²) in [7, 11) is 0. The highest BCUT2D eigenvalue weighted by atomic mass is 16.5. The van der Waals surface area contributed by atoms with Crippen molar-refractivity contribution in [1.82, 2.24) is 25.3 Å². The second-order valence-corrected chi connectivity index (χ2v) is 5.26. The van der Waals surface area contributed by atoms with Crippen molar-refractivity contribution >= 4 is 12.1 Å². The number of dihydropyridines is 1. The van der Waals surface area contributed by atoms with Crippen molar-refractivity contribution in [2.24, 2.45) is 4.99 Å². The Balaban J connectivity index is 1.59. The van der Waals surface area contributed by atoms with Gasteiger partial charge in [-0.1, -0.05) is 23.4 Å². The lowest BCUT2D eigenvalue weighted by molar-refractivity contribution is -0.118. The largest absolute Gasteiger partial charge is 0.334 e. The van der Waals surface area contributed by atoms with Crippen LogP contribution in [-0.2, 0) is 4.79 Å². The molecule has 1 amide bonds. The maximum absolute atomic E-state index is 11.8. The highest BCUT2D eigenvalue weighted by Crippen LogP contribution is 2.25. The van der Waals surface area contributed by atoms with E-state index in [9.17, 15) is 4.79 Å². The van der Waals surface area contributed by atoms with E-state index < -0.39 is 5.92 Å². The number of carbonyl (C=O) groups excluding carboxylic acids is 1. The Morgan fingerprint density at radius 1 is 1.12 bits per heavy atom. The smallest absolute Gasteiger partial charge is 0.260 e. The summed E-state index contributed by atoms with van der Waals surface area (Å²) in [5.41, 5.74) is 1.63. The van der Waals surface area contributed by atoms with E-state index in [1.54, 1.807) is 12.2 Å². The number of carbonyl (C=O) groups is 1. The number of allylic oxidation sites excluding steroid dienone is 1. The van der Waals surface area contributed by atoms with Gasteiger partial charge in [0.05, 0.1) is 0 Å². The standard InChI is InChI=1S/C16H12N6O2/c1-9-18-13(21-20-9)10-4-6-11(7-5-10)16-19-14(22-24-16)12-3-2-8-17-15(12)23/h2-8,12H,1H3,(H,18,20,21). The van der Waals surface area contributed by atoms with Gasteiger partial charge >= 0.3 is 0 Å². The molecule has 1 aromatic carbocycles. The molecule has 0 fully saturated rings. The number of hydrogen-bond donors (Lipinski definition) is 1.